The van der Waals surface area contributed by atoms with E-state index in [2.05, 4.69) is 34.0 Å². The zero-order valence-corrected chi connectivity index (χ0v) is 20.1. The normalized spacial score (nSPS) is 18.3. The quantitative estimate of drug-likeness (QED) is 0.418. The third kappa shape index (κ3) is 5.85. The Labute approximate surface area is 203 Å². The van der Waals surface area contributed by atoms with Gasteiger partial charge in [-0.1, -0.05) is 0 Å². The molecule has 2 N–H and O–H groups in total. The van der Waals surface area contributed by atoms with Gasteiger partial charge in [0.2, 0.25) is 0 Å². The molecule has 3 aromatic rings. The Kier molecular flexibility index (Phi) is 7.45. The Morgan fingerprint density at radius 1 is 1.20 bits per heavy atom. The van der Waals surface area contributed by atoms with E-state index in [1.807, 2.05) is 0 Å². The van der Waals surface area contributed by atoms with Crippen LogP contribution in [0.25, 0.3) is 22.3 Å². The minimum Gasteiger partial charge on any atom is -0.504 e. The minimum absolute atomic E-state index is 0.118. The van der Waals surface area contributed by atoms with Gasteiger partial charge in [-0.3, -0.25) is 9.78 Å². The fourth-order valence-electron chi connectivity index (χ4n) is 4.71. The Bertz CT molecular complexity index is 1210. The van der Waals surface area contributed by atoms with Crippen molar-refractivity contribution < 1.29 is 23.4 Å². The minimum atomic E-state index is -3.06. The van der Waals surface area contributed by atoms with E-state index in [1.54, 1.807) is 24.4 Å². The van der Waals surface area contributed by atoms with Crippen molar-refractivity contribution in [2.45, 2.75) is 45.3 Å². The average Bonchev–Trinajstić information content (AvgIpc) is 2.81. The summed E-state index contributed by atoms with van der Waals surface area (Å²) >= 11 is 0. The Morgan fingerprint density at radius 3 is 2.60 bits per heavy atom. The number of ether oxygens (including phenoxy) is 1. The van der Waals surface area contributed by atoms with Crippen LogP contribution in [-0.4, -0.2) is 59.1 Å². The predicted octanol–water partition coefficient (Wildman–Crippen LogP) is 5.34. The molecule has 0 unspecified atom stereocenters. The number of anilines is 1. The van der Waals surface area contributed by atoms with E-state index in [4.69, 9.17) is 4.98 Å². The standard InChI is InChI=1S/C26H30F2N4O3/c1-15(33)19-13-29-21-10-9-20(17-6-11-22(34)23(12-17)35-26(27)28)31-25(21)24(19)30-18-7-4-16(5-8-18)14-32(2)3/h6,9-13,16,18,26,34H,4-5,7-8,14H2,1-3H3,(H,29,30). The van der Waals surface area contributed by atoms with Crippen molar-refractivity contribution in [1.29, 1.82) is 0 Å². The first-order chi connectivity index (χ1) is 16.7. The summed E-state index contributed by atoms with van der Waals surface area (Å²) in [7, 11) is 4.18. The highest BCUT2D eigenvalue weighted by Crippen LogP contribution is 2.35. The SMILES string of the molecule is CC(=O)c1cnc2ccc(-c3ccc(O)c(OC(F)F)c3)nc2c1NC1CCC(CN(C)C)CC1. The fourth-order valence-corrected chi connectivity index (χ4v) is 4.71. The van der Waals surface area contributed by atoms with Gasteiger partial charge in [-0.2, -0.15) is 8.78 Å². The second-order valence-electron chi connectivity index (χ2n) is 9.35. The molecular formula is C26H30F2N4O3. The molecule has 1 fully saturated rings. The second kappa shape index (κ2) is 10.5. The summed E-state index contributed by atoms with van der Waals surface area (Å²) in [5.41, 5.74) is 3.23. The molecule has 0 amide bonds. The Morgan fingerprint density at radius 2 is 1.94 bits per heavy atom. The summed E-state index contributed by atoms with van der Waals surface area (Å²) in [6.45, 7) is -0.496. The number of Topliss-reactive ketones (excluding diaryl/α,β-unsaturated/α-hetero) is 1. The van der Waals surface area contributed by atoms with Gasteiger partial charge in [-0.15, -0.1) is 0 Å². The summed E-state index contributed by atoms with van der Waals surface area (Å²) in [5.74, 6) is -0.175. The van der Waals surface area contributed by atoms with Crippen molar-refractivity contribution in [3.8, 4) is 22.8 Å². The van der Waals surface area contributed by atoms with Gasteiger partial charge in [0.15, 0.2) is 17.3 Å². The van der Waals surface area contributed by atoms with Crippen molar-refractivity contribution >= 4 is 22.5 Å². The number of nitrogens with zero attached hydrogens (tertiary/aromatic N) is 3. The number of halogens is 2. The number of pyridine rings is 2. The zero-order chi connectivity index (χ0) is 25.1. The molecule has 1 aromatic carbocycles. The predicted molar refractivity (Wildman–Crippen MR) is 131 cm³/mol. The van der Waals surface area contributed by atoms with Crippen LogP contribution in [0.1, 0.15) is 43.0 Å². The third-order valence-corrected chi connectivity index (χ3v) is 6.38. The van der Waals surface area contributed by atoms with Gasteiger partial charge < -0.3 is 20.1 Å². The highest BCUT2D eigenvalue weighted by Gasteiger charge is 2.24. The largest absolute Gasteiger partial charge is 0.504 e. The van der Waals surface area contributed by atoms with E-state index < -0.39 is 6.61 Å². The molecule has 1 aliphatic carbocycles. The van der Waals surface area contributed by atoms with Crippen LogP contribution in [0.5, 0.6) is 11.5 Å². The Hall–Kier alpha value is -3.33. The molecule has 35 heavy (non-hydrogen) atoms. The van der Waals surface area contributed by atoms with Gasteiger partial charge >= 0.3 is 6.61 Å². The van der Waals surface area contributed by atoms with E-state index >= 15 is 0 Å². The highest BCUT2D eigenvalue weighted by atomic mass is 19.3. The number of aromatic nitrogens is 2. The van der Waals surface area contributed by atoms with Crippen molar-refractivity contribution in [1.82, 2.24) is 14.9 Å². The highest BCUT2D eigenvalue weighted by molar-refractivity contribution is 6.06. The first-order valence-corrected chi connectivity index (χ1v) is 11.7. The molecule has 0 bridgehead atoms. The number of nitrogens with one attached hydrogen (secondary N) is 1. The molecule has 0 radical (unpaired) electrons. The lowest BCUT2D eigenvalue weighted by Gasteiger charge is -2.31. The van der Waals surface area contributed by atoms with E-state index in [-0.39, 0.29) is 23.3 Å². The fraction of sp³-hybridized carbons (Fsp3) is 0.423. The molecule has 9 heteroatoms. The van der Waals surface area contributed by atoms with Crippen LogP contribution in [0.3, 0.4) is 0 Å². The number of phenolic OH excluding ortho intramolecular Hbond substituents is 1. The lowest BCUT2D eigenvalue weighted by atomic mass is 9.85. The molecule has 1 aliphatic rings. The van der Waals surface area contributed by atoms with Crippen LogP contribution in [0.4, 0.5) is 14.5 Å². The topological polar surface area (TPSA) is 87.6 Å². The van der Waals surface area contributed by atoms with Gasteiger partial charge in [0, 0.05) is 24.3 Å². The monoisotopic (exact) mass is 484 g/mol. The van der Waals surface area contributed by atoms with Crippen molar-refractivity contribution in [3.63, 3.8) is 0 Å². The van der Waals surface area contributed by atoms with Gasteiger partial charge in [0.05, 0.1) is 22.5 Å². The molecule has 1 saturated carbocycles. The van der Waals surface area contributed by atoms with E-state index in [0.29, 0.717) is 39.5 Å². The van der Waals surface area contributed by atoms with E-state index in [9.17, 15) is 18.7 Å². The van der Waals surface area contributed by atoms with E-state index in [1.165, 1.54) is 19.1 Å². The lowest BCUT2D eigenvalue weighted by Crippen LogP contribution is -2.31. The number of benzene rings is 1. The van der Waals surface area contributed by atoms with Gasteiger partial charge in [-0.05, 0) is 83.0 Å². The molecule has 0 spiro atoms. The number of carbonyl (C=O) groups is 1. The van der Waals surface area contributed by atoms with Crippen LogP contribution in [0, 0.1) is 5.92 Å². The molecule has 7 nitrogen and oxygen atoms in total. The molecular weight excluding hydrogens is 454 g/mol. The number of ketones is 1. The van der Waals surface area contributed by atoms with Crippen LogP contribution in [0.15, 0.2) is 36.5 Å². The summed E-state index contributed by atoms with van der Waals surface area (Å²) in [5, 5.41) is 13.4. The molecule has 0 aliphatic heterocycles. The first kappa shape index (κ1) is 24.8. The Balaban J connectivity index is 1.68. The van der Waals surface area contributed by atoms with Crippen molar-refractivity contribution in [3.05, 3.63) is 42.1 Å². The number of alkyl halides is 2. The third-order valence-electron chi connectivity index (χ3n) is 6.38. The number of rotatable bonds is 8. The lowest BCUT2D eigenvalue weighted by molar-refractivity contribution is -0.0512. The smallest absolute Gasteiger partial charge is 0.387 e. The molecule has 0 saturated heterocycles. The molecule has 4 rings (SSSR count). The average molecular weight is 485 g/mol. The van der Waals surface area contributed by atoms with Crippen molar-refractivity contribution in [2.24, 2.45) is 5.92 Å². The van der Waals surface area contributed by atoms with Gasteiger partial charge in [0.1, 0.15) is 5.52 Å². The maximum atomic E-state index is 12.7. The molecule has 2 heterocycles. The first-order valence-electron chi connectivity index (χ1n) is 11.7. The molecule has 2 aromatic heterocycles. The van der Waals surface area contributed by atoms with Crippen LogP contribution >= 0.6 is 0 Å². The second-order valence-corrected chi connectivity index (χ2v) is 9.35. The van der Waals surface area contributed by atoms with Gasteiger partial charge in [0.25, 0.3) is 0 Å². The van der Waals surface area contributed by atoms with Gasteiger partial charge in [-0.25, -0.2) is 4.98 Å². The number of fused-ring (bicyclic) bond motifs is 1. The molecule has 186 valence electrons. The van der Waals surface area contributed by atoms with Crippen LogP contribution < -0.4 is 10.1 Å². The maximum absolute atomic E-state index is 12.7. The maximum Gasteiger partial charge on any atom is 0.387 e. The summed E-state index contributed by atoms with van der Waals surface area (Å²) in [6, 6.07) is 7.88. The number of phenols is 1. The summed E-state index contributed by atoms with van der Waals surface area (Å²) in [6.07, 6.45) is 5.76. The summed E-state index contributed by atoms with van der Waals surface area (Å²) < 4.78 is 29.9. The number of aromatic hydroxyl groups is 1. The van der Waals surface area contributed by atoms with Crippen molar-refractivity contribution in [2.75, 3.05) is 26.0 Å². The summed E-state index contributed by atoms with van der Waals surface area (Å²) in [4.78, 5) is 23.8. The number of hydrogen-bond acceptors (Lipinski definition) is 7. The van der Waals surface area contributed by atoms with Crippen LogP contribution in [-0.2, 0) is 0 Å². The number of carbonyl (C=O) groups excluding carboxylic acids is 1. The van der Waals surface area contributed by atoms with Crippen LogP contribution in [0.2, 0.25) is 0 Å². The number of hydrogen-bond donors (Lipinski definition) is 2. The van der Waals surface area contributed by atoms with E-state index in [0.717, 1.165) is 32.2 Å². The molecule has 0 atom stereocenters. The zero-order valence-electron chi connectivity index (χ0n) is 20.1.